The van der Waals surface area contributed by atoms with Crippen molar-refractivity contribution in [2.24, 2.45) is 0 Å². The van der Waals surface area contributed by atoms with Crippen molar-refractivity contribution in [1.29, 1.82) is 0 Å². The third-order valence-electron chi connectivity index (χ3n) is 3.31. The topological polar surface area (TPSA) is 92.8 Å². The van der Waals surface area contributed by atoms with Crippen molar-refractivity contribution in [3.05, 3.63) is 29.8 Å². The Balaban J connectivity index is 1.88. The number of aromatic nitrogens is 4. The molecular weight excluding hydrogens is 232 g/mol. The lowest BCUT2D eigenvalue weighted by molar-refractivity contribution is 0.0632. The van der Waals surface area contributed by atoms with Crippen LogP contribution < -0.4 is 5.73 Å². The Hall–Kier alpha value is -2.31. The molecule has 1 atom stereocenters. The maximum absolute atomic E-state index is 12.3. The summed E-state index contributed by atoms with van der Waals surface area (Å²) in [7, 11) is 0. The summed E-state index contributed by atoms with van der Waals surface area (Å²) in [5.74, 6) is 0.116. The van der Waals surface area contributed by atoms with E-state index in [0.29, 0.717) is 6.54 Å². The fourth-order valence-corrected chi connectivity index (χ4v) is 2.36. The average molecular weight is 246 g/mol. The summed E-state index contributed by atoms with van der Waals surface area (Å²) in [5.41, 5.74) is 6.54. The quantitative estimate of drug-likeness (QED) is 0.762. The van der Waals surface area contributed by atoms with Gasteiger partial charge in [0.25, 0.3) is 5.91 Å². The number of fused-ring (bicyclic) bond motifs is 1. The highest BCUT2D eigenvalue weighted by atomic mass is 16.2. The Kier molecular flexibility index (Phi) is 2.32. The standard InChI is InChI=1S/C11H14N6O/c1-7-8-3-2-4-16(8)5-6-17(7)10(18)9-13-11(12)15-14-9/h2-4,7H,5-6H2,1H3,(H3,12,13,14,15)/t7-/m1/s1. The lowest BCUT2D eigenvalue weighted by Crippen LogP contribution is -2.41. The van der Waals surface area contributed by atoms with E-state index in [-0.39, 0.29) is 23.7 Å². The van der Waals surface area contributed by atoms with Gasteiger partial charge in [0.15, 0.2) is 0 Å². The minimum absolute atomic E-state index is 0.0209. The summed E-state index contributed by atoms with van der Waals surface area (Å²) in [6, 6.07) is 4.04. The number of hydrogen-bond acceptors (Lipinski definition) is 4. The number of nitrogens with one attached hydrogen (secondary N) is 1. The zero-order chi connectivity index (χ0) is 12.7. The fourth-order valence-electron chi connectivity index (χ4n) is 2.36. The minimum atomic E-state index is -0.167. The molecule has 3 N–H and O–H groups in total. The average Bonchev–Trinajstić information content (AvgIpc) is 2.97. The second kappa shape index (κ2) is 3.86. The molecule has 1 aliphatic heterocycles. The molecule has 3 heterocycles. The zero-order valence-electron chi connectivity index (χ0n) is 10.00. The van der Waals surface area contributed by atoms with Crippen LogP contribution in [-0.4, -0.2) is 37.1 Å². The van der Waals surface area contributed by atoms with Gasteiger partial charge >= 0.3 is 0 Å². The minimum Gasteiger partial charge on any atom is -0.366 e. The number of H-pyrrole nitrogens is 1. The first kappa shape index (κ1) is 10.8. The third kappa shape index (κ3) is 1.55. The lowest BCUT2D eigenvalue weighted by atomic mass is 10.1. The molecule has 1 aliphatic rings. The van der Waals surface area contributed by atoms with Gasteiger partial charge in [-0.3, -0.25) is 9.89 Å². The fraction of sp³-hybridized carbons (Fsp3) is 0.364. The van der Waals surface area contributed by atoms with Crippen LogP contribution in [0.25, 0.3) is 0 Å². The molecule has 7 heteroatoms. The first-order valence-electron chi connectivity index (χ1n) is 5.80. The molecule has 2 aromatic heterocycles. The number of nitrogens with two attached hydrogens (primary N) is 1. The summed E-state index contributed by atoms with van der Waals surface area (Å²) < 4.78 is 2.16. The molecule has 1 amide bonds. The summed E-state index contributed by atoms with van der Waals surface area (Å²) in [6.07, 6.45) is 2.03. The summed E-state index contributed by atoms with van der Waals surface area (Å²) in [5, 5.41) is 6.24. The Morgan fingerprint density at radius 3 is 3.11 bits per heavy atom. The normalized spacial score (nSPS) is 18.7. The second-order valence-electron chi connectivity index (χ2n) is 4.34. The van der Waals surface area contributed by atoms with Crippen LogP contribution in [-0.2, 0) is 6.54 Å². The van der Waals surface area contributed by atoms with Crippen LogP contribution in [0.4, 0.5) is 5.95 Å². The number of nitrogen functional groups attached to an aromatic ring is 1. The highest BCUT2D eigenvalue weighted by Gasteiger charge is 2.29. The number of nitrogens with zero attached hydrogens (tertiary/aromatic N) is 4. The van der Waals surface area contributed by atoms with Crippen molar-refractivity contribution in [2.45, 2.75) is 19.5 Å². The third-order valence-corrected chi connectivity index (χ3v) is 3.31. The number of rotatable bonds is 1. The predicted molar refractivity (Wildman–Crippen MR) is 64.7 cm³/mol. The molecule has 18 heavy (non-hydrogen) atoms. The van der Waals surface area contributed by atoms with E-state index < -0.39 is 0 Å². The van der Waals surface area contributed by atoms with E-state index in [4.69, 9.17) is 5.73 Å². The van der Waals surface area contributed by atoms with Crippen molar-refractivity contribution < 1.29 is 4.79 Å². The lowest BCUT2D eigenvalue weighted by Gasteiger charge is -2.34. The Morgan fingerprint density at radius 2 is 2.39 bits per heavy atom. The Morgan fingerprint density at radius 1 is 1.56 bits per heavy atom. The number of hydrogen-bond donors (Lipinski definition) is 2. The van der Waals surface area contributed by atoms with Gasteiger partial charge in [-0.05, 0) is 19.1 Å². The summed E-state index contributed by atoms with van der Waals surface area (Å²) >= 11 is 0. The highest BCUT2D eigenvalue weighted by molar-refractivity contribution is 5.91. The SMILES string of the molecule is C[C@@H]1c2cccn2CCN1C(=O)c1nc(N)n[nH]1. The number of aromatic amines is 1. The van der Waals surface area contributed by atoms with Crippen molar-refractivity contribution in [1.82, 2.24) is 24.6 Å². The molecule has 0 saturated carbocycles. The molecule has 0 radical (unpaired) electrons. The molecule has 0 bridgehead atoms. The van der Waals surface area contributed by atoms with Gasteiger partial charge < -0.3 is 15.2 Å². The molecule has 0 unspecified atom stereocenters. The van der Waals surface area contributed by atoms with Crippen molar-refractivity contribution in [3.63, 3.8) is 0 Å². The van der Waals surface area contributed by atoms with E-state index in [0.717, 1.165) is 12.2 Å². The van der Waals surface area contributed by atoms with E-state index in [1.54, 1.807) is 4.90 Å². The Bertz CT molecular complexity index is 586. The van der Waals surface area contributed by atoms with Crippen LogP contribution in [0.15, 0.2) is 18.3 Å². The molecule has 0 aromatic carbocycles. The van der Waals surface area contributed by atoms with Crippen molar-refractivity contribution >= 4 is 11.9 Å². The van der Waals surface area contributed by atoms with Crippen LogP contribution in [0.2, 0.25) is 0 Å². The van der Waals surface area contributed by atoms with Gasteiger partial charge in [-0.1, -0.05) is 0 Å². The van der Waals surface area contributed by atoms with Gasteiger partial charge in [0.05, 0.1) is 6.04 Å². The van der Waals surface area contributed by atoms with Gasteiger partial charge in [-0.2, -0.15) is 4.98 Å². The van der Waals surface area contributed by atoms with E-state index >= 15 is 0 Å². The molecular formula is C11H14N6O. The maximum atomic E-state index is 12.3. The number of amides is 1. The smallest absolute Gasteiger partial charge is 0.291 e. The van der Waals surface area contributed by atoms with Crippen LogP contribution in [0.5, 0.6) is 0 Å². The number of carbonyl (C=O) groups excluding carboxylic acids is 1. The zero-order valence-corrected chi connectivity index (χ0v) is 10.00. The summed E-state index contributed by atoms with van der Waals surface area (Å²) in [6.45, 7) is 3.45. The predicted octanol–water partition coefficient (Wildman–Crippen LogP) is 0.405. The van der Waals surface area contributed by atoms with E-state index in [9.17, 15) is 4.79 Å². The molecule has 0 fully saturated rings. The molecule has 2 aromatic rings. The molecule has 0 saturated heterocycles. The monoisotopic (exact) mass is 246 g/mol. The van der Waals surface area contributed by atoms with Crippen LogP contribution in [0, 0.1) is 0 Å². The largest absolute Gasteiger partial charge is 0.366 e. The van der Waals surface area contributed by atoms with Crippen LogP contribution in [0.1, 0.15) is 29.3 Å². The van der Waals surface area contributed by atoms with Gasteiger partial charge in [-0.15, -0.1) is 5.10 Å². The molecule has 94 valence electrons. The first-order valence-corrected chi connectivity index (χ1v) is 5.80. The Labute approximate surface area is 104 Å². The van der Waals surface area contributed by atoms with Crippen molar-refractivity contribution in [2.75, 3.05) is 12.3 Å². The van der Waals surface area contributed by atoms with Gasteiger partial charge in [-0.25, -0.2) is 0 Å². The van der Waals surface area contributed by atoms with E-state index in [2.05, 4.69) is 19.7 Å². The molecule has 7 nitrogen and oxygen atoms in total. The van der Waals surface area contributed by atoms with E-state index in [1.807, 2.05) is 25.3 Å². The molecule has 0 aliphatic carbocycles. The highest BCUT2D eigenvalue weighted by Crippen LogP contribution is 2.26. The van der Waals surface area contributed by atoms with Crippen molar-refractivity contribution in [3.8, 4) is 0 Å². The molecule has 3 rings (SSSR count). The number of anilines is 1. The van der Waals surface area contributed by atoms with E-state index in [1.165, 1.54) is 0 Å². The van der Waals surface area contributed by atoms with Gasteiger partial charge in [0, 0.05) is 25.0 Å². The summed E-state index contributed by atoms with van der Waals surface area (Å²) in [4.78, 5) is 17.9. The second-order valence-corrected chi connectivity index (χ2v) is 4.34. The van der Waals surface area contributed by atoms with Gasteiger partial charge in [0.2, 0.25) is 11.8 Å². The first-order chi connectivity index (χ1) is 8.66. The molecule has 0 spiro atoms. The van der Waals surface area contributed by atoms with Gasteiger partial charge in [0.1, 0.15) is 0 Å². The van der Waals surface area contributed by atoms with Crippen LogP contribution in [0.3, 0.4) is 0 Å². The number of carbonyl (C=O) groups is 1. The maximum Gasteiger partial charge on any atom is 0.291 e. The van der Waals surface area contributed by atoms with Crippen LogP contribution >= 0.6 is 0 Å².